The van der Waals surface area contributed by atoms with E-state index in [-0.39, 0.29) is 34.0 Å². The van der Waals surface area contributed by atoms with Crippen molar-refractivity contribution in [1.82, 2.24) is 4.98 Å². The van der Waals surface area contributed by atoms with Crippen molar-refractivity contribution in [2.45, 2.75) is 53.6 Å². The van der Waals surface area contributed by atoms with E-state index in [1.807, 2.05) is 0 Å². The molecular formula is C28H27ClF2N2O6S. The molecule has 5 rings (SSSR count). The molecule has 1 amide bonds. The lowest BCUT2D eigenvalue weighted by molar-refractivity contribution is -0.177. The molecule has 2 fully saturated rings. The zero-order valence-corrected chi connectivity index (χ0v) is 22.6. The molecule has 2 saturated carbocycles. The number of nitrogens with one attached hydrogen (secondary N) is 1. The number of rotatable bonds is 7. The number of pyridine rings is 1. The minimum absolute atomic E-state index is 0.0149. The average Bonchev–Trinajstić information content (AvgIpc) is 3.10. The summed E-state index contributed by atoms with van der Waals surface area (Å²) in [5.74, 6) is -4.18. The number of hydrogen-bond donors (Lipinski definition) is 4. The van der Waals surface area contributed by atoms with Crippen LogP contribution in [0.25, 0.3) is 0 Å². The van der Waals surface area contributed by atoms with Crippen LogP contribution in [0.5, 0.6) is 0 Å². The zero-order valence-electron chi connectivity index (χ0n) is 21.0. The van der Waals surface area contributed by atoms with Crippen LogP contribution in [0.2, 0.25) is 5.02 Å². The van der Waals surface area contributed by atoms with E-state index in [1.54, 1.807) is 0 Å². The Morgan fingerprint density at radius 2 is 1.65 bits per heavy atom. The third-order valence-corrected chi connectivity index (χ3v) is 10.9. The van der Waals surface area contributed by atoms with Gasteiger partial charge < -0.3 is 20.6 Å². The number of carbonyl (C=O) groups excluding carboxylic acids is 1. The Hall–Kier alpha value is -2.96. The molecule has 2 aliphatic rings. The van der Waals surface area contributed by atoms with Crippen LogP contribution in [-0.4, -0.2) is 51.6 Å². The van der Waals surface area contributed by atoms with Gasteiger partial charge in [-0.1, -0.05) is 11.6 Å². The Morgan fingerprint density at radius 1 is 1.00 bits per heavy atom. The molecular weight excluding hydrogens is 566 g/mol. The number of aliphatic hydroxyl groups excluding tert-OH is 2. The molecule has 5 unspecified atom stereocenters. The number of amides is 1. The molecule has 12 heteroatoms. The van der Waals surface area contributed by atoms with Crippen molar-refractivity contribution in [2.24, 2.45) is 11.8 Å². The Kier molecular flexibility index (Phi) is 7.71. The Bertz CT molecular complexity index is 1530. The number of aromatic nitrogens is 1. The van der Waals surface area contributed by atoms with Gasteiger partial charge in [-0.25, -0.2) is 17.2 Å². The molecule has 0 spiro atoms. The summed E-state index contributed by atoms with van der Waals surface area (Å²) in [6, 6.07) is 9.63. The molecule has 3 aromatic rings. The lowest BCUT2D eigenvalue weighted by atomic mass is 9.69. The van der Waals surface area contributed by atoms with Crippen LogP contribution in [0.4, 0.5) is 14.5 Å². The van der Waals surface area contributed by atoms with Gasteiger partial charge in [0, 0.05) is 29.7 Å². The number of carbonyl (C=O) groups is 1. The van der Waals surface area contributed by atoms with Gasteiger partial charge in [0.25, 0.3) is 5.91 Å². The van der Waals surface area contributed by atoms with Crippen molar-refractivity contribution >= 4 is 33.0 Å². The molecule has 1 aromatic heterocycles. The molecule has 2 aliphatic carbocycles. The predicted octanol–water partition coefficient (Wildman–Crippen LogP) is 4.05. The van der Waals surface area contributed by atoms with Gasteiger partial charge in [0.05, 0.1) is 20.8 Å². The summed E-state index contributed by atoms with van der Waals surface area (Å²) in [6.45, 7) is 0. The first-order valence-electron chi connectivity index (χ1n) is 12.7. The van der Waals surface area contributed by atoms with E-state index < -0.39 is 62.3 Å². The number of anilines is 1. The Labute approximate surface area is 234 Å². The number of fused-ring (bicyclic) bond motifs is 2. The van der Waals surface area contributed by atoms with E-state index in [9.17, 15) is 37.3 Å². The molecule has 0 radical (unpaired) electrons. The van der Waals surface area contributed by atoms with E-state index in [0.717, 1.165) is 18.2 Å². The van der Waals surface area contributed by atoms with Gasteiger partial charge in [0.1, 0.15) is 12.2 Å². The van der Waals surface area contributed by atoms with Crippen molar-refractivity contribution in [2.75, 3.05) is 5.32 Å². The largest absolute Gasteiger partial charge is 0.387 e. The van der Waals surface area contributed by atoms with Gasteiger partial charge in [-0.15, -0.1) is 0 Å². The predicted molar refractivity (Wildman–Crippen MR) is 142 cm³/mol. The van der Waals surface area contributed by atoms with Crippen LogP contribution < -0.4 is 5.32 Å². The number of hydrogen-bond acceptors (Lipinski definition) is 7. The Balaban J connectivity index is 1.37. The maximum atomic E-state index is 13.8. The summed E-state index contributed by atoms with van der Waals surface area (Å²) in [7, 11) is -4.09. The smallest absolute Gasteiger partial charge is 0.255 e. The highest BCUT2D eigenvalue weighted by molar-refractivity contribution is 7.92. The van der Waals surface area contributed by atoms with E-state index in [2.05, 4.69) is 10.3 Å². The van der Waals surface area contributed by atoms with E-state index in [0.29, 0.717) is 18.4 Å². The van der Waals surface area contributed by atoms with E-state index in [4.69, 9.17) is 11.6 Å². The molecule has 6 atom stereocenters. The normalized spacial score (nSPS) is 25.8. The van der Waals surface area contributed by atoms with Crippen LogP contribution >= 0.6 is 11.6 Å². The molecule has 2 bridgehead atoms. The van der Waals surface area contributed by atoms with E-state index >= 15 is 0 Å². The summed E-state index contributed by atoms with van der Waals surface area (Å²) >= 11 is 6.28. The van der Waals surface area contributed by atoms with Gasteiger partial charge >= 0.3 is 0 Å². The first-order chi connectivity index (χ1) is 18.9. The molecule has 0 aliphatic heterocycles. The van der Waals surface area contributed by atoms with Crippen molar-refractivity contribution in [3.8, 4) is 0 Å². The van der Waals surface area contributed by atoms with Crippen LogP contribution in [0.15, 0.2) is 65.8 Å². The first kappa shape index (κ1) is 28.6. The molecule has 2 aromatic carbocycles. The highest BCUT2D eigenvalue weighted by atomic mass is 35.5. The molecule has 1 heterocycles. The fourth-order valence-electron chi connectivity index (χ4n) is 6.09. The molecule has 8 nitrogen and oxygen atoms in total. The molecule has 212 valence electrons. The summed E-state index contributed by atoms with van der Waals surface area (Å²) in [5, 5.41) is 34.8. The third-order valence-electron chi connectivity index (χ3n) is 8.20. The topological polar surface area (TPSA) is 137 Å². The number of benzene rings is 2. The standard InChI is InChI=1S/C28H27ClF2N2O6S/c29-21-5-1-16(27(36)33-19-4-6-22(30)23(31)14-19)11-24(21)40(38,39)20-12-17-2-3-18(13-20)28(17,37)26(35)25(34)15-7-9-32-10-8-15/h1,4-11,14,17-18,20,25-26,34-35,37H,2-3,12-13H2,(H,33,36)/t17-,18?,20?,25?,26?,28?/m0/s1. The van der Waals surface area contributed by atoms with Gasteiger partial charge in [0.15, 0.2) is 21.5 Å². The highest BCUT2D eigenvalue weighted by Gasteiger charge is 2.60. The second kappa shape index (κ2) is 10.8. The summed E-state index contributed by atoms with van der Waals surface area (Å²) in [5.41, 5.74) is -1.38. The monoisotopic (exact) mass is 592 g/mol. The lowest BCUT2D eigenvalue weighted by Crippen LogP contribution is -2.57. The maximum Gasteiger partial charge on any atom is 0.255 e. The summed E-state index contributed by atoms with van der Waals surface area (Å²) < 4.78 is 54.3. The SMILES string of the molecule is O=C(Nc1ccc(F)c(F)c1)c1ccc(Cl)c(S(=O)(=O)C2CC3CC[C@@H](C2)C3(O)C(O)C(O)c2ccncc2)c1. The highest BCUT2D eigenvalue weighted by Crippen LogP contribution is 2.55. The minimum atomic E-state index is -4.09. The molecule has 0 saturated heterocycles. The average molecular weight is 593 g/mol. The van der Waals surface area contributed by atoms with Gasteiger partial charge in [-0.2, -0.15) is 0 Å². The van der Waals surface area contributed by atoms with Crippen LogP contribution in [0, 0.1) is 23.5 Å². The van der Waals surface area contributed by atoms with Crippen LogP contribution in [0.3, 0.4) is 0 Å². The van der Waals surface area contributed by atoms with Crippen molar-refractivity contribution in [1.29, 1.82) is 0 Å². The molecule has 4 N–H and O–H groups in total. The maximum absolute atomic E-state index is 13.8. The second-order valence-electron chi connectivity index (χ2n) is 10.4. The molecule has 40 heavy (non-hydrogen) atoms. The number of sulfone groups is 1. The van der Waals surface area contributed by atoms with Crippen molar-refractivity contribution in [3.05, 3.63) is 88.7 Å². The summed E-state index contributed by atoms with van der Waals surface area (Å²) in [6.07, 6.45) is 0.989. The summed E-state index contributed by atoms with van der Waals surface area (Å²) in [4.78, 5) is 16.4. The second-order valence-corrected chi connectivity index (χ2v) is 13.0. The number of aliphatic hydroxyl groups is 3. The fourth-order valence-corrected chi connectivity index (χ4v) is 8.50. The van der Waals surface area contributed by atoms with Gasteiger partial charge in [0.2, 0.25) is 0 Å². The van der Waals surface area contributed by atoms with E-state index in [1.165, 1.54) is 42.7 Å². The Morgan fingerprint density at radius 3 is 2.27 bits per heavy atom. The van der Waals surface area contributed by atoms with Gasteiger partial charge in [-0.05, 0) is 85.5 Å². The minimum Gasteiger partial charge on any atom is -0.387 e. The number of nitrogens with zero attached hydrogens (tertiary/aromatic N) is 1. The fraction of sp³-hybridized carbons (Fsp3) is 0.357. The zero-order chi connectivity index (χ0) is 28.8. The lowest BCUT2D eigenvalue weighted by Gasteiger charge is -2.46. The van der Waals surface area contributed by atoms with Crippen LogP contribution in [0.1, 0.15) is 47.7 Å². The quantitative estimate of drug-likeness (QED) is 0.325. The van der Waals surface area contributed by atoms with Crippen LogP contribution in [-0.2, 0) is 9.84 Å². The third kappa shape index (κ3) is 5.01. The number of halogens is 3. The first-order valence-corrected chi connectivity index (χ1v) is 14.6. The van der Waals surface area contributed by atoms with Gasteiger partial charge in [-0.3, -0.25) is 9.78 Å². The van der Waals surface area contributed by atoms with Crippen molar-refractivity contribution in [3.63, 3.8) is 0 Å². The van der Waals surface area contributed by atoms with Crippen molar-refractivity contribution < 1.29 is 37.3 Å².